The lowest BCUT2D eigenvalue weighted by Crippen LogP contribution is -2.43. The standard InChI is InChI=1S/C15H21BrN2O2/c1-15(7-8-17-11-15)14(19)18(2)9-10-20-13-5-3-12(16)4-6-13/h3-6,17H,7-11H2,1-2H3. The molecule has 1 saturated heterocycles. The van der Waals surface area contributed by atoms with Crippen LogP contribution in [-0.2, 0) is 4.79 Å². The molecule has 0 aromatic heterocycles. The van der Waals surface area contributed by atoms with Crippen LogP contribution in [0.4, 0.5) is 0 Å². The molecule has 1 atom stereocenters. The summed E-state index contributed by atoms with van der Waals surface area (Å²) in [5, 5.41) is 3.25. The van der Waals surface area contributed by atoms with Crippen LogP contribution in [-0.4, -0.2) is 44.1 Å². The third-order valence-electron chi connectivity index (χ3n) is 3.74. The van der Waals surface area contributed by atoms with Gasteiger partial charge in [-0.15, -0.1) is 0 Å². The highest BCUT2D eigenvalue weighted by Crippen LogP contribution is 2.26. The van der Waals surface area contributed by atoms with Gasteiger partial charge in [0.2, 0.25) is 5.91 Å². The highest BCUT2D eigenvalue weighted by molar-refractivity contribution is 9.10. The van der Waals surface area contributed by atoms with Crippen molar-refractivity contribution in [2.24, 2.45) is 5.41 Å². The van der Waals surface area contributed by atoms with Crippen molar-refractivity contribution in [2.75, 3.05) is 33.3 Å². The van der Waals surface area contributed by atoms with Crippen LogP contribution in [0.5, 0.6) is 5.75 Å². The van der Waals surface area contributed by atoms with Gasteiger partial charge in [-0.25, -0.2) is 0 Å². The largest absolute Gasteiger partial charge is 0.492 e. The van der Waals surface area contributed by atoms with Crippen molar-refractivity contribution in [3.63, 3.8) is 0 Å². The third kappa shape index (κ3) is 3.73. The number of rotatable bonds is 5. The maximum Gasteiger partial charge on any atom is 0.229 e. The molecule has 1 unspecified atom stereocenters. The predicted molar refractivity (Wildman–Crippen MR) is 82.9 cm³/mol. The number of benzene rings is 1. The van der Waals surface area contributed by atoms with Gasteiger partial charge in [0.05, 0.1) is 12.0 Å². The topological polar surface area (TPSA) is 41.6 Å². The fourth-order valence-corrected chi connectivity index (χ4v) is 2.66. The van der Waals surface area contributed by atoms with Crippen LogP contribution in [0, 0.1) is 5.41 Å². The van der Waals surface area contributed by atoms with E-state index in [1.54, 1.807) is 4.90 Å². The van der Waals surface area contributed by atoms with Crippen LogP contribution >= 0.6 is 15.9 Å². The van der Waals surface area contributed by atoms with Gasteiger partial charge in [-0.2, -0.15) is 0 Å². The summed E-state index contributed by atoms with van der Waals surface area (Å²) in [6.07, 6.45) is 0.906. The number of nitrogens with zero attached hydrogens (tertiary/aromatic N) is 1. The molecular weight excluding hydrogens is 320 g/mol. The van der Waals surface area contributed by atoms with Crippen molar-refractivity contribution in [1.82, 2.24) is 10.2 Å². The van der Waals surface area contributed by atoms with Crippen LogP contribution < -0.4 is 10.1 Å². The Labute approximate surface area is 128 Å². The molecule has 1 aliphatic rings. The predicted octanol–water partition coefficient (Wildman–Crippen LogP) is 2.29. The first kappa shape index (κ1) is 15.3. The molecule has 2 rings (SSSR count). The number of carbonyl (C=O) groups is 1. The van der Waals surface area contributed by atoms with Gasteiger partial charge in [-0.1, -0.05) is 15.9 Å². The van der Waals surface area contributed by atoms with Crippen LogP contribution in [0.15, 0.2) is 28.7 Å². The highest BCUT2D eigenvalue weighted by Gasteiger charge is 2.37. The average Bonchev–Trinajstić information content (AvgIpc) is 2.88. The summed E-state index contributed by atoms with van der Waals surface area (Å²) >= 11 is 3.39. The lowest BCUT2D eigenvalue weighted by Gasteiger charge is -2.28. The molecule has 1 aromatic carbocycles. The lowest BCUT2D eigenvalue weighted by atomic mass is 9.88. The zero-order valence-electron chi connectivity index (χ0n) is 12.0. The normalized spacial score (nSPS) is 21.8. The number of halogens is 1. The molecule has 4 nitrogen and oxygen atoms in total. The first-order chi connectivity index (χ1) is 9.51. The summed E-state index contributed by atoms with van der Waals surface area (Å²) in [6.45, 7) is 4.83. The number of carbonyl (C=O) groups excluding carboxylic acids is 1. The van der Waals surface area contributed by atoms with E-state index >= 15 is 0 Å². The summed E-state index contributed by atoms with van der Waals surface area (Å²) in [5.41, 5.74) is -0.258. The van der Waals surface area contributed by atoms with E-state index < -0.39 is 0 Å². The number of nitrogens with one attached hydrogen (secondary N) is 1. The molecule has 0 spiro atoms. The molecular formula is C15H21BrN2O2. The lowest BCUT2D eigenvalue weighted by molar-refractivity contribution is -0.139. The smallest absolute Gasteiger partial charge is 0.229 e. The Balaban J connectivity index is 1.78. The first-order valence-corrected chi connectivity index (χ1v) is 7.65. The molecule has 5 heteroatoms. The maximum absolute atomic E-state index is 12.4. The van der Waals surface area contributed by atoms with E-state index in [0.29, 0.717) is 13.2 Å². The van der Waals surface area contributed by atoms with Crippen LogP contribution in [0.25, 0.3) is 0 Å². The fourth-order valence-electron chi connectivity index (χ4n) is 2.39. The quantitative estimate of drug-likeness (QED) is 0.894. The summed E-state index contributed by atoms with van der Waals surface area (Å²) in [5.74, 6) is 1.02. The summed E-state index contributed by atoms with van der Waals surface area (Å²) in [4.78, 5) is 14.1. The van der Waals surface area contributed by atoms with Crippen molar-refractivity contribution in [3.8, 4) is 5.75 Å². The molecule has 0 bridgehead atoms. The zero-order valence-corrected chi connectivity index (χ0v) is 13.6. The molecule has 1 fully saturated rings. The Bertz CT molecular complexity index is 455. The molecule has 1 amide bonds. The number of amides is 1. The third-order valence-corrected chi connectivity index (χ3v) is 4.27. The maximum atomic E-state index is 12.4. The Morgan fingerprint density at radius 1 is 1.45 bits per heavy atom. The number of hydrogen-bond acceptors (Lipinski definition) is 3. The Hall–Kier alpha value is -1.07. The van der Waals surface area contributed by atoms with Crippen molar-refractivity contribution < 1.29 is 9.53 Å². The van der Waals surface area contributed by atoms with Gasteiger partial charge in [0.25, 0.3) is 0 Å². The van der Waals surface area contributed by atoms with Gasteiger partial charge in [-0.05, 0) is 44.2 Å². The molecule has 0 saturated carbocycles. The Morgan fingerprint density at radius 3 is 2.75 bits per heavy atom. The second-order valence-electron chi connectivity index (χ2n) is 5.52. The summed E-state index contributed by atoms with van der Waals surface area (Å²) < 4.78 is 6.67. The first-order valence-electron chi connectivity index (χ1n) is 6.86. The van der Waals surface area contributed by atoms with E-state index in [1.807, 2.05) is 38.2 Å². The summed E-state index contributed by atoms with van der Waals surface area (Å²) in [6, 6.07) is 7.70. The van der Waals surface area contributed by atoms with Gasteiger partial charge in [0, 0.05) is 18.1 Å². The van der Waals surface area contributed by atoms with Crippen LogP contribution in [0.1, 0.15) is 13.3 Å². The second kappa shape index (κ2) is 6.59. The van der Waals surface area contributed by atoms with Gasteiger partial charge >= 0.3 is 0 Å². The summed E-state index contributed by atoms with van der Waals surface area (Å²) in [7, 11) is 1.84. The Morgan fingerprint density at radius 2 is 2.15 bits per heavy atom. The van der Waals surface area contributed by atoms with Crippen LogP contribution in [0.2, 0.25) is 0 Å². The molecule has 0 radical (unpaired) electrons. The van der Waals surface area contributed by atoms with E-state index in [2.05, 4.69) is 21.2 Å². The number of ether oxygens (including phenoxy) is 1. The molecule has 1 aromatic rings. The molecule has 1 aliphatic heterocycles. The number of likely N-dealkylation sites (N-methyl/N-ethyl adjacent to an activating group) is 1. The highest BCUT2D eigenvalue weighted by atomic mass is 79.9. The monoisotopic (exact) mass is 340 g/mol. The van der Waals surface area contributed by atoms with Crippen molar-refractivity contribution in [3.05, 3.63) is 28.7 Å². The zero-order chi connectivity index (χ0) is 14.6. The molecule has 110 valence electrons. The van der Waals surface area contributed by atoms with Crippen molar-refractivity contribution in [2.45, 2.75) is 13.3 Å². The molecule has 0 aliphatic carbocycles. The minimum atomic E-state index is -0.258. The average molecular weight is 341 g/mol. The van der Waals surface area contributed by atoms with E-state index in [-0.39, 0.29) is 11.3 Å². The SMILES string of the molecule is CN(CCOc1ccc(Br)cc1)C(=O)C1(C)CCNC1. The van der Waals surface area contributed by atoms with E-state index in [4.69, 9.17) is 4.74 Å². The van der Waals surface area contributed by atoms with Crippen LogP contribution in [0.3, 0.4) is 0 Å². The minimum absolute atomic E-state index is 0.196. The second-order valence-corrected chi connectivity index (χ2v) is 6.43. The van der Waals surface area contributed by atoms with E-state index in [1.165, 1.54) is 0 Å². The van der Waals surface area contributed by atoms with E-state index in [9.17, 15) is 4.79 Å². The molecule has 20 heavy (non-hydrogen) atoms. The van der Waals surface area contributed by atoms with Gasteiger partial charge in [-0.3, -0.25) is 4.79 Å². The Kier molecular flexibility index (Phi) is 5.05. The minimum Gasteiger partial charge on any atom is -0.492 e. The van der Waals surface area contributed by atoms with Crippen molar-refractivity contribution >= 4 is 21.8 Å². The number of hydrogen-bond donors (Lipinski definition) is 1. The van der Waals surface area contributed by atoms with Gasteiger partial charge in [0.15, 0.2) is 0 Å². The van der Waals surface area contributed by atoms with Crippen molar-refractivity contribution in [1.29, 1.82) is 0 Å². The fraction of sp³-hybridized carbons (Fsp3) is 0.533. The van der Waals surface area contributed by atoms with E-state index in [0.717, 1.165) is 29.7 Å². The van der Waals surface area contributed by atoms with Gasteiger partial charge < -0.3 is 15.0 Å². The molecule has 1 N–H and O–H groups in total. The van der Waals surface area contributed by atoms with Gasteiger partial charge in [0.1, 0.15) is 12.4 Å². The molecule has 1 heterocycles.